The molecule has 1 aliphatic carbocycles. The van der Waals surface area contributed by atoms with Crippen LogP contribution in [0.2, 0.25) is 0 Å². The van der Waals surface area contributed by atoms with Crippen molar-refractivity contribution in [1.82, 2.24) is 0 Å². The highest BCUT2D eigenvalue weighted by Gasteiger charge is 2.37. The summed E-state index contributed by atoms with van der Waals surface area (Å²) in [5.74, 6) is 2.36. The molecule has 0 amide bonds. The molecule has 0 heterocycles. The molecule has 19 heavy (non-hydrogen) atoms. The SMILES string of the molecule is CCCCCSC1CC(C(C)(C)CC)CCC1C#N. The molecule has 0 radical (unpaired) electrons. The van der Waals surface area contributed by atoms with Crippen LogP contribution in [0, 0.1) is 28.6 Å². The van der Waals surface area contributed by atoms with E-state index in [1.165, 1.54) is 44.3 Å². The van der Waals surface area contributed by atoms with Gasteiger partial charge in [0, 0.05) is 5.25 Å². The van der Waals surface area contributed by atoms with Crippen LogP contribution in [0.15, 0.2) is 0 Å². The predicted molar refractivity (Wildman–Crippen MR) is 86.3 cm³/mol. The third kappa shape index (κ3) is 5.03. The standard InChI is InChI=1S/C17H31NS/c1-5-7-8-11-19-16-12-15(17(3,4)6-2)10-9-14(16)13-18/h14-16H,5-12H2,1-4H3. The molecule has 0 saturated heterocycles. The molecule has 1 fully saturated rings. The molecule has 1 nitrogen and oxygen atoms in total. The van der Waals surface area contributed by atoms with Gasteiger partial charge in [-0.2, -0.15) is 17.0 Å². The van der Waals surface area contributed by atoms with Crippen LogP contribution in [-0.2, 0) is 0 Å². The molecule has 0 aromatic carbocycles. The van der Waals surface area contributed by atoms with Crippen LogP contribution in [0.4, 0.5) is 0 Å². The molecule has 0 spiro atoms. The Bertz CT molecular complexity index is 292. The average molecular weight is 282 g/mol. The topological polar surface area (TPSA) is 23.8 Å². The Hall–Kier alpha value is -0.160. The molecule has 2 heteroatoms. The number of nitrogens with zero attached hydrogens (tertiary/aromatic N) is 1. The molecule has 3 unspecified atom stereocenters. The summed E-state index contributed by atoms with van der Waals surface area (Å²) in [5.41, 5.74) is 0.447. The van der Waals surface area contributed by atoms with Crippen LogP contribution in [0.5, 0.6) is 0 Å². The Kier molecular flexibility index (Phi) is 7.29. The van der Waals surface area contributed by atoms with Crippen molar-refractivity contribution < 1.29 is 0 Å². The fourth-order valence-electron chi connectivity index (χ4n) is 3.05. The van der Waals surface area contributed by atoms with E-state index in [1.54, 1.807) is 0 Å². The van der Waals surface area contributed by atoms with E-state index in [9.17, 15) is 5.26 Å². The Balaban J connectivity index is 2.52. The van der Waals surface area contributed by atoms with Crippen molar-refractivity contribution in [3.63, 3.8) is 0 Å². The summed E-state index contributed by atoms with van der Waals surface area (Å²) >= 11 is 2.08. The smallest absolute Gasteiger partial charge is 0.0667 e. The van der Waals surface area contributed by atoms with Crippen molar-refractivity contribution in [2.75, 3.05) is 5.75 Å². The van der Waals surface area contributed by atoms with Gasteiger partial charge in [-0.15, -0.1) is 0 Å². The van der Waals surface area contributed by atoms with Gasteiger partial charge in [-0.05, 0) is 42.8 Å². The zero-order chi connectivity index (χ0) is 14.3. The predicted octanol–water partition coefficient (Wildman–Crippen LogP) is 5.65. The minimum Gasteiger partial charge on any atom is -0.198 e. The van der Waals surface area contributed by atoms with Crippen LogP contribution >= 0.6 is 11.8 Å². The maximum Gasteiger partial charge on any atom is 0.0667 e. The number of rotatable bonds is 7. The van der Waals surface area contributed by atoms with E-state index < -0.39 is 0 Å². The summed E-state index contributed by atoms with van der Waals surface area (Å²) in [5, 5.41) is 9.94. The third-order valence-electron chi connectivity index (χ3n) is 5.05. The summed E-state index contributed by atoms with van der Waals surface area (Å²) in [4.78, 5) is 0. The summed E-state index contributed by atoms with van der Waals surface area (Å²) in [6.45, 7) is 9.37. The largest absolute Gasteiger partial charge is 0.198 e. The first-order valence-corrected chi connectivity index (χ1v) is 9.11. The second kappa shape index (κ2) is 8.20. The van der Waals surface area contributed by atoms with Gasteiger partial charge < -0.3 is 0 Å². The first-order chi connectivity index (χ1) is 9.05. The highest BCUT2D eigenvalue weighted by atomic mass is 32.2. The second-order valence-electron chi connectivity index (χ2n) is 6.70. The van der Waals surface area contributed by atoms with Gasteiger partial charge in [0.05, 0.1) is 12.0 Å². The second-order valence-corrected chi connectivity index (χ2v) is 8.05. The van der Waals surface area contributed by atoms with Crippen LogP contribution in [0.25, 0.3) is 0 Å². The van der Waals surface area contributed by atoms with E-state index in [4.69, 9.17) is 0 Å². The van der Waals surface area contributed by atoms with Crippen molar-refractivity contribution in [1.29, 1.82) is 5.26 Å². The fraction of sp³-hybridized carbons (Fsp3) is 0.941. The number of unbranched alkanes of at least 4 members (excludes halogenated alkanes) is 2. The minimum absolute atomic E-state index is 0.301. The molecule has 110 valence electrons. The lowest BCUT2D eigenvalue weighted by Gasteiger charge is -2.41. The monoisotopic (exact) mass is 281 g/mol. The van der Waals surface area contributed by atoms with Gasteiger partial charge in [-0.1, -0.05) is 47.0 Å². The van der Waals surface area contributed by atoms with Gasteiger partial charge in [0.1, 0.15) is 0 Å². The molecule has 1 saturated carbocycles. The Morgan fingerprint density at radius 3 is 2.53 bits per heavy atom. The third-order valence-corrected chi connectivity index (χ3v) is 6.53. The summed E-state index contributed by atoms with van der Waals surface area (Å²) < 4.78 is 0. The lowest BCUT2D eigenvalue weighted by molar-refractivity contribution is 0.144. The minimum atomic E-state index is 0.301. The van der Waals surface area contributed by atoms with E-state index in [2.05, 4.69) is 45.5 Å². The van der Waals surface area contributed by atoms with Crippen molar-refractivity contribution in [2.24, 2.45) is 17.3 Å². The maximum atomic E-state index is 9.35. The van der Waals surface area contributed by atoms with E-state index in [0.29, 0.717) is 16.6 Å². The average Bonchev–Trinajstić information content (AvgIpc) is 2.43. The van der Waals surface area contributed by atoms with Crippen molar-refractivity contribution in [3.05, 3.63) is 0 Å². The molecular formula is C17H31NS. The normalized spacial score (nSPS) is 28.1. The highest BCUT2D eigenvalue weighted by Crippen LogP contribution is 2.45. The number of nitriles is 1. The van der Waals surface area contributed by atoms with E-state index in [1.807, 2.05) is 0 Å². The summed E-state index contributed by atoms with van der Waals surface area (Å²) in [7, 11) is 0. The van der Waals surface area contributed by atoms with Crippen molar-refractivity contribution in [2.45, 2.75) is 77.9 Å². The Morgan fingerprint density at radius 2 is 1.95 bits per heavy atom. The molecule has 1 aliphatic rings. The van der Waals surface area contributed by atoms with Crippen LogP contribution in [0.3, 0.4) is 0 Å². The van der Waals surface area contributed by atoms with Gasteiger partial charge in [-0.3, -0.25) is 0 Å². The van der Waals surface area contributed by atoms with Gasteiger partial charge in [-0.25, -0.2) is 0 Å². The fourth-order valence-corrected chi connectivity index (χ4v) is 4.52. The lowest BCUT2D eigenvalue weighted by atomic mass is 9.67. The Labute approximate surface area is 124 Å². The van der Waals surface area contributed by atoms with E-state index in [0.717, 1.165) is 12.3 Å². The first kappa shape index (κ1) is 16.9. The van der Waals surface area contributed by atoms with Gasteiger partial charge in [0.25, 0.3) is 0 Å². The van der Waals surface area contributed by atoms with Crippen LogP contribution in [-0.4, -0.2) is 11.0 Å². The number of hydrogen-bond donors (Lipinski definition) is 0. The zero-order valence-corrected chi connectivity index (χ0v) is 14.1. The summed E-state index contributed by atoms with van der Waals surface area (Å²) in [6.07, 6.45) is 8.83. The van der Waals surface area contributed by atoms with Crippen molar-refractivity contribution in [3.8, 4) is 6.07 Å². The van der Waals surface area contributed by atoms with E-state index in [-0.39, 0.29) is 0 Å². The maximum absolute atomic E-state index is 9.35. The zero-order valence-electron chi connectivity index (χ0n) is 13.2. The molecule has 0 aromatic heterocycles. The quantitative estimate of drug-likeness (QED) is 0.563. The molecule has 0 bridgehead atoms. The first-order valence-electron chi connectivity index (χ1n) is 8.06. The van der Waals surface area contributed by atoms with Gasteiger partial charge in [0.15, 0.2) is 0 Å². The van der Waals surface area contributed by atoms with Gasteiger partial charge in [0.2, 0.25) is 0 Å². The number of thioether (sulfide) groups is 1. The molecule has 0 aromatic rings. The Morgan fingerprint density at radius 1 is 1.21 bits per heavy atom. The molecule has 0 N–H and O–H groups in total. The van der Waals surface area contributed by atoms with Gasteiger partial charge >= 0.3 is 0 Å². The van der Waals surface area contributed by atoms with Crippen molar-refractivity contribution >= 4 is 11.8 Å². The number of hydrogen-bond acceptors (Lipinski definition) is 2. The molecule has 1 rings (SSSR count). The van der Waals surface area contributed by atoms with E-state index >= 15 is 0 Å². The van der Waals surface area contributed by atoms with Crippen LogP contribution < -0.4 is 0 Å². The van der Waals surface area contributed by atoms with Crippen LogP contribution in [0.1, 0.15) is 72.6 Å². The molecule has 3 atom stereocenters. The molecule has 0 aliphatic heterocycles. The molecular weight excluding hydrogens is 250 g/mol. The highest BCUT2D eigenvalue weighted by molar-refractivity contribution is 7.99. The lowest BCUT2D eigenvalue weighted by Crippen LogP contribution is -2.34. The summed E-state index contributed by atoms with van der Waals surface area (Å²) in [6, 6.07) is 2.56.